The first-order chi connectivity index (χ1) is 12.8. The maximum absolute atomic E-state index is 12.2. The van der Waals surface area contributed by atoms with E-state index in [9.17, 15) is 13.2 Å². The Morgan fingerprint density at radius 2 is 2.00 bits per heavy atom. The van der Waals surface area contributed by atoms with Crippen molar-refractivity contribution in [3.8, 4) is 0 Å². The lowest BCUT2D eigenvalue weighted by atomic mass is 10.1. The summed E-state index contributed by atoms with van der Waals surface area (Å²) in [6.45, 7) is 0.519. The number of carbonyl (C=O) groups is 1. The Morgan fingerprint density at radius 1 is 1.26 bits per heavy atom. The lowest BCUT2D eigenvalue weighted by Gasteiger charge is -2.08. The highest BCUT2D eigenvalue weighted by atomic mass is 32.2. The van der Waals surface area contributed by atoms with Crippen molar-refractivity contribution in [2.45, 2.75) is 23.8 Å². The fourth-order valence-electron chi connectivity index (χ4n) is 2.60. The number of hydrogen-bond donors (Lipinski definition) is 2. The Bertz CT molecular complexity index is 954. The second-order valence-corrected chi connectivity index (χ2v) is 8.29. The summed E-state index contributed by atoms with van der Waals surface area (Å²) in [4.78, 5) is 20.4. The van der Waals surface area contributed by atoms with Crippen LogP contribution in [0.1, 0.15) is 22.5 Å². The normalized spacial score (nSPS) is 16.5. The molecule has 8 nitrogen and oxygen atoms in total. The van der Waals surface area contributed by atoms with E-state index in [0.29, 0.717) is 12.3 Å². The van der Waals surface area contributed by atoms with E-state index >= 15 is 0 Å². The summed E-state index contributed by atoms with van der Waals surface area (Å²) in [5.41, 5.74) is 7.38. The van der Waals surface area contributed by atoms with Gasteiger partial charge in [0.15, 0.2) is 9.84 Å². The number of sulfone groups is 1. The number of benzene rings is 1. The van der Waals surface area contributed by atoms with Crippen molar-refractivity contribution in [1.82, 2.24) is 4.98 Å². The summed E-state index contributed by atoms with van der Waals surface area (Å²) >= 11 is 0. The molecule has 0 saturated heterocycles. The molecule has 27 heavy (non-hydrogen) atoms. The van der Waals surface area contributed by atoms with Gasteiger partial charge in [-0.3, -0.25) is 4.79 Å². The number of amidine groups is 1. The molecule has 0 bridgehead atoms. The predicted octanol–water partition coefficient (Wildman–Crippen LogP) is 1.38. The van der Waals surface area contributed by atoms with Crippen LogP contribution in [0.2, 0.25) is 0 Å². The van der Waals surface area contributed by atoms with Gasteiger partial charge in [-0.15, -0.1) is 0 Å². The maximum atomic E-state index is 12.2. The first kappa shape index (κ1) is 18.8. The van der Waals surface area contributed by atoms with Crippen LogP contribution in [0.5, 0.6) is 0 Å². The molecule has 0 spiro atoms. The molecule has 1 aliphatic heterocycles. The van der Waals surface area contributed by atoms with Gasteiger partial charge in [0.1, 0.15) is 12.3 Å². The first-order valence-corrected chi connectivity index (χ1v) is 10.2. The molecule has 0 saturated carbocycles. The first-order valence-electron chi connectivity index (χ1n) is 8.34. The fourth-order valence-corrected chi connectivity index (χ4v) is 3.16. The number of nitrogens with one attached hydrogen (secondary N) is 1. The van der Waals surface area contributed by atoms with E-state index in [2.05, 4.69) is 15.3 Å². The summed E-state index contributed by atoms with van der Waals surface area (Å²) in [5, 5.41) is 2.74. The second-order valence-electron chi connectivity index (χ2n) is 6.27. The topological polar surface area (TPSA) is 124 Å². The van der Waals surface area contributed by atoms with E-state index in [1.165, 1.54) is 18.3 Å². The molecule has 1 unspecified atom stereocenters. The van der Waals surface area contributed by atoms with Gasteiger partial charge in [0.25, 0.3) is 11.9 Å². The number of aliphatic imine (C=N–C) groups is 1. The molecule has 0 radical (unpaired) electrons. The van der Waals surface area contributed by atoms with Gasteiger partial charge in [-0.1, -0.05) is 12.1 Å². The van der Waals surface area contributed by atoms with Crippen LogP contribution in [-0.2, 0) is 21.0 Å². The minimum absolute atomic E-state index is 0.0714. The average molecular weight is 388 g/mol. The second kappa shape index (κ2) is 7.75. The number of rotatable bonds is 6. The highest BCUT2D eigenvalue weighted by molar-refractivity contribution is 7.90. The average Bonchev–Trinajstić information content (AvgIpc) is 3.06. The van der Waals surface area contributed by atoms with Crippen molar-refractivity contribution in [1.29, 1.82) is 0 Å². The van der Waals surface area contributed by atoms with E-state index in [1.807, 2.05) is 12.1 Å². The van der Waals surface area contributed by atoms with Gasteiger partial charge >= 0.3 is 0 Å². The van der Waals surface area contributed by atoms with Crippen LogP contribution in [0, 0.1) is 0 Å². The van der Waals surface area contributed by atoms with E-state index in [-0.39, 0.29) is 22.7 Å². The third-order valence-electron chi connectivity index (χ3n) is 4.11. The SMILES string of the molecule is CS(=O)(=O)c1ccc(C(=O)Nc2ccc(CCC3COC(N)=N3)cc2)nc1. The zero-order valence-electron chi connectivity index (χ0n) is 14.8. The van der Waals surface area contributed by atoms with Crippen LogP contribution in [0.15, 0.2) is 52.5 Å². The van der Waals surface area contributed by atoms with Gasteiger partial charge in [-0.25, -0.2) is 18.4 Å². The molecule has 0 aliphatic carbocycles. The number of pyridine rings is 1. The summed E-state index contributed by atoms with van der Waals surface area (Å²) in [5.74, 6) is -0.407. The number of carbonyl (C=O) groups excluding carboxylic acids is 1. The molecule has 1 aliphatic rings. The largest absolute Gasteiger partial charge is 0.463 e. The van der Waals surface area contributed by atoms with Crippen LogP contribution in [0.25, 0.3) is 0 Å². The van der Waals surface area contributed by atoms with Crippen molar-refractivity contribution in [3.63, 3.8) is 0 Å². The lowest BCUT2D eigenvalue weighted by Crippen LogP contribution is -2.14. The van der Waals surface area contributed by atoms with Crippen LogP contribution in [-0.4, -0.2) is 44.2 Å². The number of aromatic nitrogens is 1. The molecular weight excluding hydrogens is 368 g/mol. The highest BCUT2D eigenvalue weighted by Crippen LogP contribution is 2.15. The lowest BCUT2D eigenvalue weighted by molar-refractivity contribution is 0.102. The van der Waals surface area contributed by atoms with Gasteiger partial charge in [-0.2, -0.15) is 0 Å². The smallest absolute Gasteiger partial charge is 0.282 e. The molecule has 1 aromatic heterocycles. The van der Waals surface area contributed by atoms with Crippen molar-refractivity contribution in [2.75, 3.05) is 18.2 Å². The molecular formula is C18H20N4O4S. The number of nitrogens with zero attached hydrogens (tertiary/aromatic N) is 2. The molecule has 9 heteroatoms. The van der Waals surface area contributed by atoms with Crippen LogP contribution in [0.4, 0.5) is 5.69 Å². The van der Waals surface area contributed by atoms with Crippen LogP contribution >= 0.6 is 0 Å². The Balaban J connectivity index is 1.56. The maximum Gasteiger partial charge on any atom is 0.282 e. The molecule has 1 aromatic carbocycles. The Morgan fingerprint density at radius 3 is 2.56 bits per heavy atom. The summed E-state index contributed by atoms with van der Waals surface area (Å²) in [7, 11) is -3.34. The molecule has 2 heterocycles. The van der Waals surface area contributed by atoms with Gasteiger partial charge in [-0.05, 0) is 42.7 Å². The Labute approximate surface area is 157 Å². The van der Waals surface area contributed by atoms with E-state index < -0.39 is 15.7 Å². The van der Waals surface area contributed by atoms with Crippen molar-refractivity contribution < 1.29 is 17.9 Å². The number of hydrogen-bond acceptors (Lipinski definition) is 7. The molecule has 1 amide bonds. The van der Waals surface area contributed by atoms with E-state index in [0.717, 1.165) is 24.7 Å². The van der Waals surface area contributed by atoms with Crippen molar-refractivity contribution in [3.05, 3.63) is 53.9 Å². The van der Waals surface area contributed by atoms with Crippen LogP contribution < -0.4 is 11.1 Å². The third-order valence-corrected chi connectivity index (χ3v) is 5.21. The number of aryl methyl sites for hydroxylation is 1. The number of amides is 1. The number of ether oxygens (including phenoxy) is 1. The molecule has 2 aromatic rings. The monoisotopic (exact) mass is 388 g/mol. The zero-order chi connectivity index (χ0) is 19.4. The zero-order valence-corrected chi connectivity index (χ0v) is 15.6. The minimum Gasteiger partial charge on any atom is -0.463 e. The molecule has 142 valence electrons. The molecule has 3 rings (SSSR count). The quantitative estimate of drug-likeness (QED) is 0.770. The molecule has 1 atom stereocenters. The molecule has 0 fully saturated rings. The van der Waals surface area contributed by atoms with Crippen LogP contribution in [0.3, 0.4) is 0 Å². The van der Waals surface area contributed by atoms with Gasteiger partial charge in [0.2, 0.25) is 0 Å². The Hall–Kier alpha value is -2.94. The predicted molar refractivity (Wildman–Crippen MR) is 101 cm³/mol. The number of anilines is 1. The summed E-state index contributed by atoms with van der Waals surface area (Å²) < 4.78 is 28.0. The van der Waals surface area contributed by atoms with Gasteiger partial charge in [0, 0.05) is 18.1 Å². The van der Waals surface area contributed by atoms with E-state index in [1.54, 1.807) is 12.1 Å². The standard InChI is InChI=1S/C18H20N4O4S/c1-27(24,25)15-8-9-16(20-10-15)17(23)21-13-5-2-12(3-6-13)4-7-14-11-26-18(19)22-14/h2-3,5-6,8-10,14H,4,7,11H2,1H3,(H2,19,22)(H,21,23). The van der Waals surface area contributed by atoms with Gasteiger partial charge in [0.05, 0.1) is 10.9 Å². The number of nitrogens with two attached hydrogens (primary N) is 1. The minimum atomic E-state index is -3.34. The van der Waals surface area contributed by atoms with Gasteiger partial charge < -0.3 is 15.8 Å². The molecule has 3 N–H and O–H groups in total. The fraction of sp³-hybridized carbons (Fsp3) is 0.278. The summed E-state index contributed by atoms with van der Waals surface area (Å²) in [6, 6.07) is 10.6. The van der Waals surface area contributed by atoms with E-state index in [4.69, 9.17) is 10.5 Å². The highest BCUT2D eigenvalue weighted by Gasteiger charge is 2.16. The third kappa shape index (κ3) is 5.04. The van der Waals surface area contributed by atoms with Crippen molar-refractivity contribution >= 4 is 27.5 Å². The Kier molecular flexibility index (Phi) is 5.41. The summed E-state index contributed by atoms with van der Waals surface area (Å²) in [6.07, 6.45) is 3.93. The van der Waals surface area contributed by atoms with Crippen molar-refractivity contribution in [2.24, 2.45) is 10.7 Å².